The number of nitrogens with one attached hydrogen (secondary N) is 2. The summed E-state index contributed by atoms with van der Waals surface area (Å²) >= 11 is 0. The highest BCUT2D eigenvalue weighted by Crippen LogP contribution is 2.45. The van der Waals surface area contributed by atoms with Gasteiger partial charge in [-0.25, -0.2) is 9.59 Å². The van der Waals surface area contributed by atoms with Gasteiger partial charge in [0.1, 0.15) is 24.0 Å². The number of hydrogen-bond acceptors (Lipinski definition) is 6. The Morgan fingerprint density at radius 2 is 1.14 bits per heavy atom. The van der Waals surface area contributed by atoms with Crippen LogP contribution in [0, 0.1) is 0 Å². The number of alkyl carbamates (subject to hydrolysis) is 1. The predicted octanol–water partition coefficient (Wildman–Crippen LogP) is 9.21. The number of ether oxygens (including phenoxy) is 3. The Kier molecular flexibility index (Phi) is 11.2. The molecule has 0 fully saturated rings. The third kappa shape index (κ3) is 8.45. The van der Waals surface area contributed by atoms with Crippen LogP contribution in [0.3, 0.4) is 0 Å². The maximum Gasteiger partial charge on any atom is 0.407 e. The summed E-state index contributed by atoms with van der Waals surface area (Å²) in [5.41, 5.74) is 5.74. The summed E-state index contributed by atoms with van der Waals surface area (Å²) in [5, 5.41) is 5.54. The van der Waals surface area contributed by atoms with Crippen LogP contribution in [0.4, 0.5) is 4.79 Å². The highest BCUT2D eigenvalue weighted by atomic mass is 16.6. The summed E-state index contributed by atoms with van der Waals surface area (Å²) in [6, 6.07) is 48.4. The summed E-state index contributed by atoms with van der Waals surface area (Å²) in [6.45, 7) is 6.01. The molecule has 7 rings (SSSR count). The Balaban J connectivity index is 1.23. The number of rotatable bonds is 12. The van der Waals surface area contributed by atoms with Crippen molar-refractivity contribution in [3.8, 4) is 16.9 Å². The molecule has 1 aliphatic carbocycles. The molecule has 0 radical (unpaired) electrons. The first-order chi connectivity index (χ1) is 27.6. The van der Waals surface area contributed by atoms with E-state index in [0.717, 1.165) is 27.8 Å². The molecule has 2 amide bonds. The van der Waals surface area contributed by atoms with Gasteiger partial charge in [0.05, 0.1) is 0 Å². The van der Waals surface area contributed by atoms with E-state index < -0.39 is 29.3 Å². The zero-order valence-electron chi connectivity index (χ0n) is 32.5. The normalized spacial score (nSPS) is 12.8. The van der Waals surface area contributed by atoms with Gasteiger partial charge in [0.15, 0.2) is 5.60 Å². The van der Waals surface area contributed by atoms with Gasteiger partial charge in [0.2, 0.25) is 0 Å². The second kappa shape index (κ2) is 16.6. The minimum Gasteiger partial charge on any atom is -0.488 e. The first-order valence-electron chi connectivity index (χ1n) is 19.1. The van der Waals surface area contributed by atoms with E-state index in [1.54, 1.807) is 31.3 Å². The first-order valence-corrected chi connectivity index (χ1v) is 19.1. The third-order valence-corrected chi connectivity index (χ3v) is 10.1. The minimum atomic E-state index is -1.47. The molecular formula is C49H46N2O6. The van der Waals surface area contributed by atoms with Gasteiger partial charge in [-0.3, -0.25) is 4.79 Å². The van der Waals surface area contributed by atoms with E-state index in [0.29, 0.717) is 28.0 Å². The highest BCUT2D eigenvalue weighted by molar-refractivity contribution is 5.94. The van der Waals surface area contributed by atoms with E-state index in [9.17, 15) is 14.4 Å². The molecule has 0 aromatic heterocycles. The summed E-state index contributed by atoms with van der Waals surface area (Å²) < 4.78 is 18.8. The Morgan fingerprint density at radius 3 is 1.67 bits per heavy atom. The fraction of sp³-hybridized carbons (Fsp3) is 0.204. The summed E-state index contributed by atoms with van der Waals surface area (Å²) in [7, 11) is 1.57. The fourth-order valence-corrected chi connectivity index (χ4v) is 7.50. The van der Waals surface area contributed by atoms with Crippen molar-refractivity contribution in [2.75, 3.05) is 13.7 Å². The molecule has 6 aromatic rings. The van der Waals surface area contributed by atoms with Crippen molar-refractivity contribution in [1.82, 2.24) is 10.6 Å². The van der Waals surface area contributed by atoms with Crippen LogP contribution >= 0.6 is 0 Å². The van der Waals surface area contributed by atoms with Gasteiger partial charge in [-0.1, -0.05) is 133 Å². The van der Waals surface area contributed by atoms with Gasteiger partial charge in [-0.2, -0.15) is 0 Å². The quantitative estimate of drug-likeness (QED) is 0.0954. The topological polar surface area (TPSA) is 103 Å². The molecule has 6 aromatic carbocycles. The smallest absolute Gasteiger partial charge is 0.407 e. The van der Waals surface area contributed by atoms with E-state index >= 15 is 0 Å². The maximum absolute atomic E-state index is 14.9. The van der Waals surface area contributed by atoms with Crippen LogP contribution in [0.25, 0.3) is 11.1 Å². The second-order valence-corrected chi connectivity index (χ2v) is 15.1. The highest BCUT2D eigenvalue weighted by Gasteiger charge is 2.43. The van der Waals surface area contributed by atoms with Gasteiger partial charge >= 0.3 is 12.1 Å². The standard InChI is InChI=1S/C49H46N2O6/c1-48(2,3)56-38-29-23-33(24-30-38)31-44(51-47(54)55-32-43-41-21-13-11-19-39(41)40-20-12-14-22-42(40)43)46(53)57-49(35-15-7-5-8-16-35,36-17-9-6-10-18-36)37-27-25-34(26-28-37)45(52)50-4/h5-30,43-44H,31-32H2,1-4H3,(H,50,52)(H,51,54)/t44-/m0/s1. The second-order valence-electron chi connectivity index (χ2n) is 15.1. The van der Waals surface area contributed by atoms with Crippen LogP contribution in [-0.4, -0.2) is 43.3 Å². The van der Waals surface area contributed by atoms with Crippen molar-refractivity contribution in [3.05, 3.63) is 197 Å². The largest absolute Gasteiger partial charge is 0.488 e. The fourth-order valence-electron chi connectivity index (χ4n) is 7.50. The summed E-state index contributed by atoms with van der Waals surface area (Å²) in [4.78, 5) is 41.3. The van der Waals surface area contributed by atoms with E-state index in [1.807, 2.05) is 130 Å². The number of carbonyl (C=O) groups is 3. The number of fused-ring (bicyclic) bond motifs is 3. The Labute approximate surface area is 333 Å². The lowest BCUT2D eigenvalue weighted by molar-refractivity contribution is -0.156. The van der Waals surface area contributed by atoms with E-state index in [1.165, 1.54) is 0 Å². The number of carbonyl (C=O) groups excluding carboxylic acids is 3. The average Bonchev–Trinajstić information content (AvgIpc) is 3.55. The maximum atomic E-state index is 14.9. The van der Waals surface area contributed by atoms with Gasteiger partial charge in [0, 0.05) is 41.6 Å². The lowest BCUT2D eigenvalue weighted by Crippen LogP contribution is -2.47. The molecule has 0 saturated carbocycles. The molecule has 0 spiro atoms. The molecule has 2 N–H and O–H groups in total. The van der Waals surface area contributed by atoms with Gasteiger partial charge in [-0.05, 0) is 72.9 Å². The van der Waals surface area contributed by atoms with Crippen molar-refractivity contribution in [2.45, 2.75) is 50.4 Å². The van der Waals surface area contributed by atoms with Crippen LogP contribution in [0.2, 0.25) is 0 Å². The molecule has 0 saturated heterocycles. The van der Waals surface area contributed by atoms with Gasteiger partial charge in [-0.15, -0.1) is 0 Å². The van der Waals surface area contributed by atoms with Crippen molar-refractivity contribution in [2.24, 2.45) is 0 Å². The van der Waals surface area contributed by atoms with Gasteiger partial charge < -0.3 is 24.8 Å². The lowest BCUT2D eigenvalue weighted by atomic mass is 9.79. The molecule has 0 heterocycles. The summed E-state index contributed by atoms with van der Waals surface area (Å²) in [5.74, 6) is -0.399. The zero-order valence-corrected chi connectivity index (χ0v) is 32.5. The van der Waals surface area contributed by atoms with E-state index in [-0.39, 0.29) is 24.9 Å². The Bertz CT molecular complexity index is 2250. The van der Waals surface area contributed by atoms with Crippen LogP contribution in [0.15, 0.2) is 158 Å². The summed E-state index contributed by atoms with van der Waals surface area (Å²) in [6.07, 6.45) is -0.639. The molecular weight excluding hydrogens is 713 g/mol. The molecule has 0 aliphatic heterocycles. The van der Waals surface area contributed by atoms with Crippen LogP contribution in [0.1, 0.15) is 70.4 Å². The first kappa shape index (κ1) is 38.6. The number of hydrogen-bond donors (Lipinski definition) is 2. The van der Waals surface area contributed by atoms with Gasteiger partial charge in [0.25, 0.3) is 5.91 Å². The predicted molar refractivity (Wildman–Crippen MR) is 221 cm³/mol. The van der Waals surface area contributed by atoms with Crippen molar-refractivity contribution in [3.63, 3.8) is 0 Å². The number of amides is 2. The Hall–Kier alpha value is -6.67. The van der Waals surface area contributed by atoms with E-state index in [2.05, 4.69) is 34.9 Å². The number of benzene rings is 6. The molecule has 1 atom stereocenters. The molecule has 8 nitrogen and oxygen atoms in total. The van der Waals surface area contributed by atoms with Crippen molar-refractivity contribution >= 4 is 18.0 Å². The minimum absolute atomic E-state index is 0.0795. The molecule has 0 bridgehead atoms. The molecule has 57 heavy (non-hydrogen) atoms. The van der Waals surface area contributed by atoms with Crippen LogP contribution in [0.5, 0.6) is 5.75 Å². The zero-order chi connectivity index (χ0) is 40.0. The SMILES string of the molecule is CNC(=O)c1ccc(C(OC(=O)[C@H](Cc2ccc(OC(C)(C)C)cc2)NC(=O)OCC2c3ccccc3-c3ccccc32)(c2ccccc2)c2ccccc2)cc1. The molecule has 0 unspecified atom stereocenters. The van der Waals surface area contributed by atoms with Crippen molar-refractivity contribution < 1.29 is 28.6 Å². The number of esters is 1. The van der Waals surface area contributed by atoms with Crippen molar-refractivity contribution in [1.29, 1.82) is 0 Å². The average molecular weight is 759 g/mol. The van der Waals surface area contributed by atoms with E-state index in [4.69, 9.17) is 14.2 Å². The molecule has 1 aliphatic rings. The van der Waals surface area contributed by atoms with Crippen LogP contribution in [-0.2, 0) is 26.3 Å². The monoisotopic (exact) mass is 758 g/mol. The molecule has 8 heteroatoms. The Morgan fingerprint density at radius 1 is 0.632 bits per heavy atom. The molecule has 288 valence electrons. The lowest BCUT2D eigenvalue weighted by Gasteiger charge is -2.36. The van der Waals surface area contributed by atoms with Crippen LogP contribution < -0.4 is 15.4 Å². The third-order valence-electron chi connectivity index (χ3n) is 10.1.